The molecule has 1 heterocycles. The molecule has 0 amide bonds. The number of hydrogen-bond acceptors (Lipinski definition) is 4. The van der Waals surface area contributed by atoms with Crippen LogP contribution in [0.5, 0.6) is 5.75 Å². The standard InChI is InChI=1S/C15H21NO2S/c1-2-9-16-14(17)8-10-18-13-7-3-5-12-6-4-11-19-15(12)13/h2-3,5,7,14,16-17H,1,4,6,8-11H2. The molecular formula is C15H21NO2S. The summed E-state index contributed by atoms with van der Waals surface area (Å²) < 4.78 is 5.81. The first-order chi connectivity index (χ1) is 9.31. The van der Waals surface area contributed by atoms with Gasteiger partial charge in [0.1, 0.15) is 12.0 Å². The van der Waals surface area contributed by atoms with Gasteiger partial charge in [0.2, 0.25) is 0 Å². The Hall–Kier alpha value is -0.970. The Morgan fingerprint density at radius 2 is 2.42 bits per heavy atom. The van der Waals surface area contributed by atoms with Crippen LogP contribution in [-0.4, -0.2) is 30.2 Å². The summed E-state index contributed by atoms with van der Waals surface area (Å²) in [4.78, 5) is 1.28. The van der Waals surface area contributed by atoms with Crippen molar-refractivity contribution in [2.75, 3.05) is 18.9 Å². The Kier molecular flexibility index (Phi) is 5.76. The number of hydrogen-bond donors (Lipinski definition) is 2. The predicted molar refractivity (Wildman–Crippen MR) is 79.8 cm³/mol. The minimum Gasteiger partial charge on any atom is -0.492 e. The Morgan fingerprint density at radius 3 is 3.26 bits per heavy atom. The lowest BCUT2D eigenvalue weighted by molar-refractivity contribution is 0.111. The Bertz CT molecular complexity index is 423. The molecule has 0 saturated heterocycles. The van der Waals surface area contributed by atoms with Gasteiger partial charge in [-0.2, -0.15) is 0 Å². The lowest BCUT2D eigenvalue weighted by Crippen LogP contribution is -2.30. The number of aliphatic hydroxyl groups excluding tert-OH is 1. The minimum atomic E-state index is -0.537. The maximum Gasteiger partial charge on any atom is 0.133 e. The molecule has 3 nitrogen and oxygen atoms in total. The van der Waals surface area contributed by atoms with Crippen LogP contribution in [0.4, 0.5) is 0 Å². The fraction of sp³-hybridized carbons (Fsp3) is 0.467. The first-order valence-corrected chi connectivity index (χ1v) is 7.69. The molecule has 2 rings (SSSR count). The summed E-state index contributed by atoms with van der Waals surface area (Å²) in [7, 11) is 0. The third-order valence-corrected chi connectivity index (χ3v) is 4.29. The molecule has 1 aromatic carbocycles. The molecule has 0 saturated carbocycles. The van der Waals surface area contributed by atoms with Crippen molar-refractivity contribution in [3.63, 3.8) is 0 Å². The molecule has 104 valence electrons. The Labute approximate surface area is 119 Å². The molecule has 0 fully saturated rings. The van der Waals surface area contributed by atoms with Crippen molar-refractivity contribution in [1.82, 2.24) is 5.32 Å². The number of ether oxygens (including phenoxy) is 1. The molecule has 2 N–H and O–H groups in total. The van der Waals surface area contributed by atoms with E-state index >= 15 is 0 Å². The lowest BCUT2D eigenvalue weighted by atomic mass is 10.1. The molecule has 1 atom stereocenters. The Morgan fingerprint density at radius 1 is 1.53 bits per heavy atom. The van der Waals surface area contributed by atoms with Gasteiger partial charge in [0.05, 0.1) is 11.5 Å². The number of fused-ring (bicyclic) bond motifs is 1. The summed E-state index contributed by atoms with van der Waals surface area (Å²) >= 11 is 1.87. The number of nitrogens with one attached hydrogen (secondary N) is 1. The second kappa shape index (κ2) is 7.58. The summed E-state index contributed by atoms with van der Waals surface area (Å²) in [6.07, 6.45) is 4.15. The van der Waals surface area contributed by atoms with Crippen LogP contribution in [0.25, 0.3) is 0 Å². The van der Waals surface area contributed by atoms with Crippen molar-refractivity contribution in [1.29, 1.82) is 0 Å². The third kappa shape index (κ3) is 4.27. The van der Waals surface area contributed by atoms with Gasteiger partial charge in [-0.15, -0.1) is 18.3 Å². The minimum absolute atomic E-state index is 0.516. The van der Waals surface area contributed by atoms with Crippen LogP contribution in [-0.2, 0) is 6.42 Å². The van der Waals surface area contributed by atoms with Crippen molar-refractivity contribution in [2.45, 2.75) is 30.4 Å². The average Bonchev–Trinajstić information content (AvgIpc) is 2.45. The van der Waals surface area contributed by atoms with Crippen LogP contribution in [0.1, 0.15) is 18.4 Å². The molecule has 1 unspecified atom stereocenters. The Balaban J connectivity index is 1.84. The monoisotopic (exact) mass is 279 g/mol. The van der Waals surface area contributed by atoms with Gasteiger partial charge in [0.25, 0.3) is 0 Å². The molecule has 0 aromatic heterocycles. The van der Waals surface area contributed by atoms with Gasteiger partial charge in [-0.05, 0) is 30.2 Å². The van der Waals surface area contributed by atoms with E-state index in [1.165, 1.54) is 16.9 Å². The maximum absolute atomic E-state index is 9.65. The van der Waals surface area contributed by atoms with Crippen LogP contribution >= 0.6 is 11.8 Å². The van der Waals surface area contributed by atoms with Gasteiger partial charge in [-0.3, -0.25) is 5.32 Å². The number of rotatable bonds is 7. The van der Waals surface area contributed by atoms with E-state index in [9.17, 15) is 5.11 Å². The molecule has 4 heteroatoms. The normalized spacial score (nSPS) is 15.6. The molecule has 1 aliphatic heterocycles. The molecule has 0 radical (unpaired) electrons. The zero-order chi connectivity index (χ0) is 13.5. The quantitative estimate of drug-likeness (QED) is 0.594. The fourth-order valence-corrected chi connectivity index (χ4v) is 3.19. The van der Waals surface area contributed by atoms with Crippen molar-refractivity contribution in [3.05, 3.63) is 36.4 Å². The summed E-state index contributed by atoms with van der Waals surface area (Å²) in [6, 6.07) is 6.24. The predicted octanol–water partition coefficient (Wildman–Crippen LogP) is 2.59. The SMILES string of the molecule is C=CCNC(O)CCOc1cccc2c1SCCC2. The molecule has 19 heavy (non-hydrogen) atoms. The number of benzene rings is 1. The van der Waals surface area contributed by atoms with Crippen molar-refractivity contribution >= 4 is 11.8 Å². The summed E-state index contributed by atoms with van der Waals surface area (Å²) in [6.45, 7) is 4.73. The topological polar surface area (TPSA) is 41.5 Å². The van der Waals surface area contributed by atoms with Crippen LogP contribution in [0, 0.1) is 0 Å². The van der Waals surface area contributed by atoms with Crippen molar-refractivity contribution in [2.24, 2.45) is 0 Å². The second-order valence-corrected chi connectivity index (χ2v) is 5.65. The largest absolute Gasteiger partial charge is 0.492 e. The van der Waals surface area contributed by atoms with E-state index in [0.717, 1.165) is 17.9 Å². The highest BCUT2D eigenvalue weighted by Crippen LogP contribution is 2.37. The van der Waals surface area contributed by atoms with E-state index in [4.69, 9.17) is 4.74 Å². The maximum atomic E-state index is 9.65. The first-order valence-electron chi connectivity index (χ1n) is 6.71. The fourth-order valence-electron chi connectivity index (χ4n) is 2.07. The lowest BCUT2D eigenvalue weighted by Gasteiger charge is -2.19. The highest BCUT2D eigenvalue weighted by Gasteiger charge is 2.14. The van der Waals surface area contributed by atoms with Crippen LogP contribution in [0.2, 0.25) is 0 Å². The summed E-state index contributed by atoms with van der Waals surface area (Å²) in [5.74, 6) is 2.12. The van der Waals surface area contributed by atoms with E-state index in [-0.39, 0.29) is 0 Å². The third-order valence-electron chi connectivity index (χ3n) is 3.04. The number of aryl methyl sites for hydroxylation is 1. The van der Waals surface area contributed by atoms with E-state index < -0.39 is 6.23 Å². The van der Waals surface area contributed by atoms with E-state index in [1.807, 2.05) is 23.9 Å². The van der Waals surface area contributed by atoms with Gasteiger partial charge < -0.3 is 9.84 Å². The van der Waals surface area contributed by atoms with E-state index in [0.29, 0.717) is 19.6 Å². The molecule has 1 aromatic rings. The van der Waals surface area contributed by atoms with Gasteiger partial charge in [-0.25, -0.2) is 0 Å². The smallest absolute Gasteiger partial charge is 0.133 e. The van der Waals surface area contributed by atoms with Crippen LogP contribution < -0.4 is 10.1 Å². The van der Waals surface area contributed by atoms with E-state index in [2.05, 4.69) is 18.0 Å². The van der Waals surface area contributed by atoms with Crippen molar-refractivity contribution < 1.29 is 9.84 Å². The van der Waals surface area contributed by atoms with E-state index in [1.54, 1.807) is 6.08 Å². The highest BCUT2D eigenvalue weighted by atomic mass is 32.2. The zero-order valence-electron chi connectivity index (χ0n) is 11.1. The van der Waals surface area contributed by atoms with Gasteiger partial charge in [0.15, 0.2) is 0 Å². The summed E-state index contributed by atoms with van der Waals surface area (Å²) in [5.41, 5.74) is 1.39. The van der Waals surface area contributed by atoms with Crippen LogP contribution in [0.15, 0.2) is 35.7 Å². The number of aliphatic hydroxyl groups is 1. The average molecular weight is 279 g/mol. The van der Waals surface area contributed by atoms with Gasteiger partial charge >= 0.3 is 0 Å². The van der Waals surface area contributed by atoms with Crippen molar-refractivity contribution in [3.8, 4) is 5.75 Å². The molecule has 0 bridgehead atoms. The molecule has 1 aliphatic rings. The van der Waals surface area contributed by atoms with Gasteiger partial charge in [-0.1, -0.05) is 18.2 Å². The molecule has 0 aliphatic carbocycles. The molecule has 0 spiro atoms. The highest BCUT2D eigenvalue weighted by molar-refractivity contribution is 7.99. The molecular weight excluding hydrogens is 258 g/mol. The first kappa shape index (κ1) is 14.4. The summed E-state index contributed by atoms with van der Waals surface area (Å²) in [5, 5.41) is 12.6. The van der Waals surface area contributed by atoms with Crippen LogP contribution in [0.3, 0.4) is 0 Å². The van der Waals surface area contributed by atoms with Gasteiger partial charge in [0, 0.05) is 13.0 Å². The second-order valence-electron chi connectivity index (χ2n) is 4.55. The number of thioether (sulfide) groups is 1. The zero-order valence-corrected chi connectivity index (χ0v) is 11.9.